The van der Waals surface area contributed by atoms with Gasteiger partial charge in [-0.2, -0.15) is 0 Å². The average molecular weight is 506 g/mol. The lowest BCUT2D eigenvalue weighted by atomic mass is 9.83. The number of H-pyrrole nitrogens is 2. The second-order valence-electron chi connectivity index (χ2n) is 9.37. The van der Waals surface area contributed by atoms with Gasteiger partial charge < -0.3 is 14.6 Å². The van der Waals surface area contributed by atoms with Crippen LogP contribution in [0.2, 0.25) is 0 Å². The standard InChI is InChI=1S/C26H29N3O4.C4H10/c1-5-15(3)20-11-23(22-13-28-29-26(22)31)27-12-21(20)19(6-2)25(30)17-9-16-10-18(32-4)7-8-24(16)33-14-17;1-3-4-2/h6-8,10-13,15,17H,5,9,14H2,1-4H3,(H2,28,29,31);3-4H2,1-2H3/b19-6+;. The number of benzene rings is 1. The number of carbonyl (C=O) groups excluding carboxylic acids is 1. The maximum absolute atomic E-state index is 13.7. The lowest BCUT2D eigenvalue weighted by Gasteiger charge is -2.26. The smallest absolute Gasteiger partial charge is 0.273 e. The predicted octanol–water partition coefficient (Wildman–Crippen LogP) is 6.32. The van der Waals surface area contributed by atoms with Crippen molar-refractivity contribution in [3.63, 3.8) is 0 Å². The van der Waals surface area contributed by atoms with Crippen molar-refractivity contribution in [3.8, 4) is 22.8 Å². The Bertz CT molecular complexity index is 1290. The molecule has 3 aromatic rings. The van der Waals surface area contributed by atoms with Crippen molar-refractivity contribution in [1.29, 1.82) is 0 Å². The van der Waals surface area contributed by atoms with Gasteiger partial charge in [0.2, 0.25) is 0 Å². The first kappa shape index (κ1) is 28.0. The zero-order chi connectivity index (χ0) is 26.9. The number of carbonyl (C=O) groups is 1. The van der Waals surface area contributed by atoms with Crippen molar-refractivity contribution in [2.45, 2.75) is 66.2 Å². The van der Waals surface area contributed by atoms with Crippen LogP contribution in [0.3, 0.4) is 0 Å². The van der Waals surface area contributed by atoms with Gasteiger partial charge >= 0.3 is 0 Å². The molecule has 0 bridgehead atoms. The van der Waals surface area contributed by atoms with Crippen LogP contribution < -0.4 is 15.0 Å². The fourth-order valence-electron chi connectivity index (χ4n) is 4.28. The van der Waals surface area contributed by atoms with Crippen LogP contribution in [0.5, 0.6) is 11.5 Å². The molecule has 2 atom stereocenters. The second-order valence-corrected chi connectivity index (χ2v) is 9.37. The second kappa shape index (κ2) is 13.1. The third kappa shape index (κ3) is 6.40. The molecule has 0 spiro atoms. The van der Waals surface area contributed by atoms with Gasteiger partial charge in [-0.1, -0.05) is 46.6 Å². The number of aromatic amines is 2. The molecule has 0 aliphatic carbocycles. The highest BCUT2D eigenvalue weighted by Gasteiger charge is 2.30. The average Bonchev–Trinajstić information content (AvgIpc) is 3.38. The molecule has 1 aliphatic heterocycles. The molecule has 4 rings (SSSR count). The SMILES string of the molecule is C/C=C(/C(=O)C1COc2ccc(OC)cc2C1)c1cnc(-c2c[nH][nH]c2=O)cc1C(C)CC.CCCC. The molecule has 2 aromatic heterocycles. The van der Waals surface area contributed by atoms with Gasteiger partial charge in [-0.25, -0.2) is 0 Å². The summed E-state index contributed by atoms with van der Waals surface area (Å²) in [7, 11) is 1.63. The minimum absolute atomic E-state index is 0.0320. The zero-order valence-electron chi connectivity index (χ0n) is 22.8. The van der Waals surface area contributed by atoms with Gasteiger partial charge in [0.1, 0.15) is 11.5 Å². The molecule has 2 unspecified atom stereocenters. The highest BCUT2D eigenvalue weighted by atomic mass is 16.5. The van der Waals surface area contributed by atoms with Crippen LogP contribution in [0.15, 0.2) is 47.5 Å². The van der Waals surface area contributed by atoms with E-state index in [0.717, 1.165) is 34.6 Å². The topological polar surface area (TPSA) is 97.1 Å². The zero-order valence-corrected chi connectivity index (χ0v) is 22.8. The van der Waals surface area contributed by atoms with Crippen LogP contribution in [0.1, 0.15) is 76.5 Å². The normalized spacial score (nSPS) is 15.6. The third-order valence-corrected chi connectivity index (χ3v) is 6.89. The van der Waals surface area contributed by atoms with Crippen molar-refractivity contribution in [2.75, 3.05) is 13.7 Å². The number of Topliss-reactive ketones (excluding diaryl/α,β-unsaturated/α-hetero) is 1. The highest BCUT2D eigenvalue weighted by Crippen LogP contribution is 2.35. The van der Waals surface area contributed by atoms with E-state index in [1.807, 2.05) is 37.3 Å². The number of methoxy groups -OCH3 is 1. The van der Waals surface area contributed by atoms with Crippen molar-refractivity contribution < 1.29 is 14.3 Å². The largest absolute Gasteiger partial charge is 0.497 e. The number of fused-ring (bicyclic) bond motifs is 1. The molecular weight excluding hydrogens is 466 g/mol. The van der Waals surface area contributed by atoms with Crippen LogP contribution >= 0.6 is 0 Å². The van der Waals surface area contributed by atoms with Crippen molar-refractivity contribution in [2.24, 2.45) is 5.92 Å². The van der Waals surface area contributed by atoms with E-state index in [4.69, 9.17) is 9.47 Å². The number of unbranched alkanes of at least 4 members (excludes halogenated alkanes) is 1. The Morgan fingerprint density at radius 1 is 1.24 bits per heavy atom. The lowest BCUT2D eigenvalue weighted by molar-refractivity contribution is -0.118. The van der Waals surface area contributed by atoms with E-state index in [1.165, 1.54) is 12.8 Å². The maximum atomic E-state index is 13.7. The first-order chi connectivity index (χ1) is 17.9. The van der Waals surface area contributed by atoms with Crippen molar-refractivity contribution >= 4 is 11.4 Å². The molecule has 1 aliphatic rings. The van der Waals surface area contributed by atoms with Crippen LogP contribution in [-0.4, -0.2) is 34.7 Å². The molecule has 1 aromatic carbocycles. The van der Waals surface area contributed by atoms with Crippen LogP contribution in [0, 0.1) is 5.92 Å². The summed E-state index contributed by atoms with van der Waals surface area (Å²) in [6.45, 7) is 10.8. The number of nitrogens with one attached hydrogen (secondary N) is 2. The number of nitrogens with zero attached hydrogens (tertiary/aromatic N) is 1. The monoisotopic (exact) mass is 505 g/mol. The Labute approximate surface area is 219 Å². The summed E-state index contributed by atoms with van der Waals surface area (Å²) in [6.07, 6.45) is 9.31. The highest BCUT2D eigenvalue weighted by molar-refractivity contribution is 6.22. The summed E-state index contributed by atoms with van der Waals surface area (Å²) in [4.78, 5) is 30.3. The Kier molecular flexibility index (Phi) is 9.89. The Morgan fingerprint density at radius 2 is 2.00 bits per heavy atom. The maximum Gasteiger partial charge on any atom is 0.273 e. The number of rotatable bonds is 8. The van der Waals surface area contributed by atoms with Crippen LogP contribution in [0.25, 0.3) is 16.8 Å². The summed E-state index contributed by atoms with van der Waals surface area (Å²) in [5, 5.41) is 5.27. The number of hydrogen-bond donors (Lipinski definition) is 2. The summed E-state index contributed by atoms with van der Waals surface area (Å²) >= 11 is 0. The molecule has 2 N–H and O–H groups in total. The molecule has 7 nitrogen and oxygen atoms in total. The minimum Gasteiger partial charge on any atom is -0.497 e. The predicted molar refractivity (Wildman–Crippen MR) is 148 cm³/mol. The van der Waals surface area contributed by atoms with E-state index in [-0.39, 0.29) is 23.2 Å². The Hall–Kier alpha value is -3.61. The lowest BCUT2D eigenvalue weighted by Crippen LogP contribution is -2.29. The molecule has 0 fully saturated rings. The van der Waals surface area contributed by atoms with E-state index in [2.05, 4.69) is 42.9 Å². The van der Waals surface area contributed by atoms with E-state index >= 15 is 0 Å². The quantitative estimate of drug-likeness (QED) is 0.349. The number of hydrogen-bond acceptors (Lipinski definition) is 5. The van der Waals surface area contributed by atoms with Gasteiger partial charge in [0.05, 0.1) is 30.9 Å². The summed E-state index contributed by atoms with van der Waals surface area (Å²) < 4.78 is 11.2. The fraction of sp³-hybridized carbons (Fsp3) is 0.433. The van der Waals surface area contributed by atoms with E-state index in [0.29, 0.717) is 29.9 Å². The molecule has 0 radical (unpaired) electrons. The Balaban J connectivity index is 0.000000886. The Morgan fingerprint density at radius 3 is 2.59 bits per heavy atom. The molecule has 0 amide bonds. The van der Waals surface area contributed by atoms with Crippen molar-refractivity contribution in [3.05, 3.63) is 69.8 Å². The molecule has 198 valence electrons. The number of ether oxygens (including phenoxy) is 2. The molecule has 37 heavy (non-hydrogen) atoms. The van der Waals surface area contributed by atoms with Gasteiger partial charge in [0.15, 0.2) is 5.78 Å². The number of ketones is 1. The summed E-state index contributed by atoms with van der Waals surface area (Å²) in [5.74, 6) is 1.47. The number of pyridine rings is 1. The third-order valence-electron chi connectivity index (χ3n) is 6.89. The van der Waals surface area contributed by atoms with Crippen molar-refractivity contribution in [1.82, 2.24) is 15.2 Å². The van der Waals surface area contributed by atoms with E-state index in [9.17, 15) is 9.59 Å². The minimum atomic E-state index is -0.298. The number of allylic oxidation sites excluding steroid dienone is 2. The fourth-order valence-corrected chi connectivity index (χ4v) is 4.28. The summed E-state index contributed by atoms with van der Waals surface area (Å²) in [5.41, 5.74) is 4.25. The van der Waals surface area contributed by atoms with E-state index in [1.54, 1.807) is 19.5 Å². The van der Waals surface area contributed by atoms with E-state index < -0.39 is 0 Å². The number of aromatic nitrogens is 3. The molecule has 3 heterocycles. The van der Waals surface area contributed by atoms with Gasteiger partial charge in [0, 0.05) is 23.5 Å². The molecule has 0 saturated heterocycles. The summed E-state index contributed by atoms with van der Waals surface area (Å²) in [6, 6.07) is 7.60. The molecular formula is C30H39N3O4. The van der Waals surface area contributed by atoms with Crippen LogP contribution in [0.4, 0.5) is 0 Å². The van der Waals surface area contributed by atoms with Gasteiger partial charge in [0.25, 0.3) is 5.56 Å². The first-order valence-electron chi connectivity index (χ1n) is 13.1. The van der Waals surface area contributed by atoms with Gasteiger partial charge in [-0.3, -0.25) is 19.7 Å². The van der Waals surface area contributed by atoms with Gasteiger partial charge in [-0.15, -0.1) is 0 Å². The molecule has 7 heteroatoms. The first-order valence-corrected chi connectivity index (χ1v) is 13.1. The molecule has 0 saturated carbocycles. The van der Waals surface area contributed by atoms with Gasteiger partial charge in [-0.05, 0) is 61.1 Å². The van der Waals surface area contributed by atoms with Crippen LogP contribution in [-0.2, 0) is 11.2 Å².